The predicted molar refractivity (Wildman–Crippen MR) is 163 cm³/mol. The van der Waals surface area contributed by atoms with Crippen LogP contribution in [0.3, 0.4) is 0 Å². The van der Waals surface area contributed by atoms with Gasteiger partial charge in [-0.3, -0.25) is 0 Å². The highest BCUT2D eigenvalue weighted by Crippen LogP contribution is 2.52. The average Bonchev–Trinajstić information content (AvgIpc) is 3.44. The van der Waals surface area contributed by atoms with Gasteiger partial charge in [0, 0.05) is 34.3 Å². The summed E-state index contributed by atoms with van der Waals surface area (Å²) in [6.45, 7) is 0.683. The molecule has 0 fully saturated rings. The van der Waals surface area contributed by atoms with Gasteiger partial charge >= 0.3 is 0 Å². The molecule has 2 atom stereocenters. The maximum Gasteiger partial charge on any atom is 0.257 e. The van der Waals surface area contributed by atoms with E-state index in [2.05, 4.69) is 68.3 Å². The average molecular weight is 606 g/mol. The molecule has 0 radical (unpaired) electrons. The molecular formula is C33H37BrN2O4. The molecule has 1 N–H and O–H groups in total. The summed E-state index contributed by atoms with van der Waals surface area (Å²) >= 11 is 3.64. The number of aromatic nitrogens is 1. The Balaban J connectivity index is 1.88. The van der Waals surface area contributed by atoms with Gasteiger partial charge in [-0.15, -0.1) is 0 Å². The molecule has 1 aliphatic carbocycles. The van der Waals surface area contributed by atoms with Crippen molar-refractivity contribution in [2.45, 2.75) is 37.2 Å². The lowest BCUT2D eigenvalue weighted by Gasteiger charge is -2.40. The second-order valence-electron chi connectivity index (χ2n) is 10.7. The maximum absolute atomic E-state index is 13.3. The Labute approximate surface area is 245 Å². The third kappa shape index (κ3) is 5.18. The van der Waals surface area contributed by atoms with Gasteiger partial charge in [-0.25, -0.2) is 4.98 Å². The largest absolute Gasteiger partial charge is 0.496 e. The van der Waals surface area contributed by atoms with E-state index in [4.69, 9.17) is 14.2 Å². The molecule has 0 aliphatic heterocycles. The lowest BCUT2D eigenvalue weighted by atomic mass is 9.69. The summed E-state index contributed by atoms with van der Waals surface area (Å²) in [6.07, 6.45) is 5.27. The lowest BCUT2D eigenvalue weighted by Crippen LogP contribution is -2.38. The monoisotopic (exact) mass is 604 g/mol. The van der Waals surface area contributed by atoms with Crippen LogP contribution in [-0.4, -0.2) is 57.0 Å². The molecule has 0 unspecified atom stereocenters. The molecule has 1 heterocycles. The van der Waals surface area contributed by atoms with Crippen molar-refractivity contribution in [1.29, 1.82) is 0 Å². The molecule has 40 heavy (non-hydrogen) atoms. The number of rotatable bonds is 10. The van der Waals surface area contributed by atoms with Gasteiger partial charge in [-0.1, -0.05) is 40.2 Å². The first-order valence-electron chi connectivity index (χ1n) is 13.6. The van der Waals surface area contributed by atoms with E-state index in [1.165, 1.54) is 11.1 Å². The van der Waals surface area contributed by atoms with Crippen LogP contribution in [-0.2, 0) is 18.4 Å². The van der Waals surface area contributed by atoms with E-state index >= 15 is 0 Å². The summed E-state index contributed by atoms with van der Waals surface area (Å²) in [7, 11) is 8.96. The van der Waals surface area contributed by atoms with Crippen molar-refractivity contribution >= 4 is 26.7 Å². The highest BCUT2D eigenvalue weighted by Gasteiger charge is 2.45. The Kier molecular flexibility index (Phi) is 8.36. The van der Waals surface area contributed by atoms with E-state index < -0.39 is 11.5 Å². The number of nitrogens with zero attached hydrogens (tertiary/aromatic N) is 2. The van der Waals surface area contributed by atoms with Crippen molar-refractivity contribution in [2.75, 3.05) is 42.0 Å². The number of aryl methyl sites for hydroxylation is 1. The van der Waals surface area contributed by atoms with Crippen LogP contribution < -0.4 is 14.2 Å². The molecule has 3 aromatic carbocycles. The molecule has 0 saturated carbocycles. The van der Waals surface area contributed by atoms with E-state index in [-0.39, 0.29) is 0 Å². The number of pyridine rings is 1. The molecule has 6 nitrogen and oxygen atoms in total. The molecule has 7 heteroatoms. The van der Waals surface area contributed by atoms with Crippen LogP contribution in [0.2, 0.25) is 0 Å². The van der Waals surface area contributed by atoms with Gasteiger partial charge in [-0.2, -0.15) is 0 Å². The second kappa shape index (κ2) is 11.8. The molecule has 0 spiro atoms. The molecular weight excluding hydrogens is 568 g/mol. The highest BCUT2D eigenvalue weighted by atomic mass is 79.9. The molecule has 210 valence electrons. The van der Waals surface area contributed by atoms with Crippen molar-refractivity contribution < 1.29 is 19.3 Å². The first-order chi connectivity index (χ1) is 19.3. The van der Waals surface area contributed by atoms with E-state index in [0.717, 1.165) is 51.2 Å². The van der Waals surface area contributed by atoms with Crippen molar-refractivity contribution in [3.8, 4) is 17.4 Å². The summed E-state index contributed by atoms with van der Waals surface area (Å²) in [5.74, 6) is 1.03. The zero-order valence-corrected chi connectivity index (χ0v) is 25.4. The molecule has 0 amide bonds. The second-order valence-corrected chi connectivity index (χ2v) is 11.7. The fraction of sp³-hybridized carbons (Fsp3) is 0.364. The van der Waals surface area contributed by atoms with Crippen molar-refractivity contribution in [2.24, 2.45) is 0 Å². The highest BCUT2D eigenvalue weighted by molar-refractivity contribution is 9.10. The van der Waals surface area contributed by atoms with Gasteiger partial charge in [0.05, 0.1) is 21.3 Å². The van der Waals surface area contributed by atoms with Crippen molar-refractivity contribution in [3.05, 3.63) is 93.1 Å². The summed E-state index contributed by atoms with van der Waals surface area (Å²) in [5.41, 5.74) is 3.88. The zero-order valence-electron chi connectivity index (χ0n) is 23.8. The van der Waals surface area contributed by atoms with Gasteiger partial charge in [0.15, 0.2) is 5.75 Å². The normalized spacial score (nSPS) is 15.1. The standard InChI is InChI=1S/C33H37BrN2O4/c1-36(2)17-15-33(37,28-11-7-9-21-8-6-10-25(21)28)30(26-14-16-35-32(40-5)31(26)39-4)27-19-23-18-24(34)13-12-22(23)20-29(27)38-3/h7,9,11-14,16,18-20,30,37H,6,8,10,15,17H2,1-5H3/t30-,33-/m1/s1. The predicted octanol–water partition coefficient (Wildman–Crippen LogP) is 6.48. The minimum atomic E-state index is -1.30. The Morgan fingerprint density at radius 3 is 2.50 bits per heavy atom. The first-order valence-corrected chi connectivity index (χ1v) is 14.4. The van der Waals surface area contributed by atoms with E-state index in [1.807, 2.05) is 26.2 Å². The Hall–Kier alpha value is -3.13. The third-order valence-corrected chi connectivity index (χ3v) is 8.60. The van der Waals surface area contributed by atoms with Crippen LogP contribution >= 0.6 is 15.9 Å². The molecule has 1 aliphatic rings. The maximum atomic E-state index is 13.3. The number of ether oxygens (including phenoxy) is 3. The lowest BCUT2D eigenvalue weighted by molar-refractivity contribution is 0.00253. The SMILES string of the molecule is COc1cc2ccc(Br)cc2cc1[C@@H](c1ccnc(OC)c1OC)[C@@](O)(CCN(C)C)c1cccc2c1CCC2. The number of methoxy groups -OCH3 is 3. The quantitative estimate of drug-likeness (QED) is 0.223. The van der Waals surface area contributed by atoms with Crippen molar-refractivity contribution in [3.63, 3.8) is 0 Å². The molecule has 0 saturated heterocycles. The molecule has 0 bridgehead atoms. The van der Waals surface area contributed by atoms with Gasteiger partial charge in [0.25, 0.3) is 5.88 Å². The number of hydrogen-bond acceptors (Lipinski definition) is 6. The number of fused-ring (bicyclic) bond motifs is 2. The van der Waals surface area contributed by atoms with Gasteiger partial charge in [0.2, 0.25) is 0 Å². The molecule has 4 aromatic rings. The number of halogens is 1. The zero-order chi connectivity index (χ0) is 28.4. The number of aliphatic hydroxyl groups is 1. The summed E-state index contributed by atoms with van der Waals surface area (Å²) in [4.78, 5) is 6.54. The van der Waals surface area contributed by atoms with E-state index in [0.29, 0.717) is 30.3 Å². The van der Waals surface area contributed by atoms with Gasteiger partial charge in [0.1, 0.15) is 11.4 Å². The minimum Gasteiger partial charge on any atom is -0.496 e. The van der Waals surface area contributed by atoms with E-state index in [1.54, 1.807) is 27.5 Å². The van der Waals surface area contributed by atoms with Crippen LogP contribution in [0.15, 0.2) is 65.3 Å². The van der Waals surface area contributed by atoms with Crippen LogP contribution in [0.1, 0.15) is 46.6 Å². The summed E-state index contributed by atoms with van der Waals surface area (Å²) in [6, 6.07) is 18.7. The van der Waals surface area contributed by atoms with Gasteiger partial charge in [-0.05, 0) is 97.6 Å². The Morgan fingerprint density at radius 2 is 1.77 bits per heavy atom. The van der Waals surface area contributed by atoms with Crippen LogP contribution in [0.4, 0.5) is 0 Å². The topological polar surface area (TPSA) is 64.0 Å². The van der Waals surface area contributed by atoms with Crippen LogP contribution in [0.5, 0.6) is 17.4 Å². The number of hydrogen-bond donors (Lipinski definition) is 1. The first kappa shape index (κ1) is 28.4. The smallest absolute Gasteiger partial charge is 0.257 e. The summed E-state index contributed by atoms with van der Waals surface area (Å²) in [5, 5.41) is 15.4. The fourth-order valence-electron chi connectivity index (χ4n) is 6.22. The third-order valence-electron chi connectivity index (χ3n) is 8.10. The number of benzene rings is 3. The van der Waals surface area contributed by atoms with Gasteiger partial charge < -0.3 is 24.2 Å². The summed E-state index contributed by atoms with van der Waals surface area (Å²) < 4.78 is 18.6. The van der Waals surface area contributed by atoms with Crippen LogP contribution in [0, 0.1) is 0 Å². The molecule has 5 rings (SSSR count). The minimum absolute atomic E-state index is 0.376. The Morgan fingerprint density at radius 1 is 0.950 bits per heavy atom. The fourth-order valence-corrected chi connectivity index (χ4v) is 6.60. The molecule has 1 aromatic heterocycles. The van der Waals surface area contributed by atoms with E-state index in [9.17, 15) is 5.11 Å². The van der Waals surface area contributed by atoms with Crippen molar-refractivity contribution in [1.82, 2.24) is 9.88 Å². The van der Waals surface area contributed by atoms with Crippen LogP contribution in [0.25, 0.3) is 10.8 Å². The Bertz CT molecular complexity index is 1520.